The molecule has 0 aromatic heterocycles. The van der Waals surface area contributed by atoms with Crippen LogP contribution in [0.4, 0.5) is 15.8 Å². The van der Waals surface area contributed by atoms with E-state index in [1.165, 1.54) is 5.56 Å². The minimum atomic E-state index is -0.150. The van der Waals surface area contributed by atoms with Crippen LogP contribution in [0, 0.1) is 16.4 Å². The number of halogens is 2. The van der Waals surface area contributed by atoms with Gasteiger partial charge in [0.15, 0.2) is 0 Å². The summed E-state index contributed by atoms with van der Waals surface area (Å²) >= 11 is 2.28. The Labute approximate surface area is 150 Å². The second kappa shape index (κ2) is 6.87. The standard InChI is InChI=1S/C20H19FIN/c1-14-3-8-17(9-4-14)23(18-10-6-16(22)7-11-18)20-12-5-15(2)13-19(20)21/h3-4,6-13,15H,5H2,1-2H3. The Hall–Kier alpha value is -1.62. The van der Waals surface area contributed by atoms with Crippen LogP contribution in [-0.2, 0) is 0 Å². The van der Waals surface area contributed by atoms with Gasteiger partial charge in [-0.3, -0.25) is 0 Å². The van der Waals surface area contributed by atoms with Crippen molar-refractivity contribution < 1.29 is 4.39 Å². The first kappa shape index (κ1) is 16.2. The highest BCUT2D eigenvalue weighted by Crippen LogP contribution is 2.36. The number of rotatable bonds is 3. The predicted molar refractivity (Wildman–Crippen MR) is 104 cm³/mol. The number of benzene rings is 2. The third-order valence-electron chi connectivity index (χ3n) is 3.98. The molecule has 0 saturated heterocycles. The maximum atomic E-state index is 14.6. The average molecular weight is 419 g/mol. The maximum Gasteiger partial charge on any atom is 0.143 e. The van der Waals surface area contributed by atoms with Gasteiger partial charge in [-0.25, -0.2) is 4.39 Å². The number of aryl methyl sites for hydroxylation is 1. The summed E-state index contributed by atoms with van der Waals surface area (Å²) in [6.45, 7) is 4.09. The van der Waals surface area contributed by atoms with E-state index in [0.29, 0.717) is 5.70 Å². The minimum Gasteiger partial charge on any atom is -0.308 e. The molecule has 23 heavy (non-hydrogen) atoms. The van der Waals surface area contributed by atoms with E-state index in [1.54, 1.807) is 6.08 Å². The van der Waals surface area contributed by atoms with Gasteiger partial charge in [-0.05, 0) is 84.3 Å². The highest BCUT2D eigenvalue weighted by atomic mass is 127. The molecule has 118 valence electrons. The van der Waals surface area contributed by atoms with Gasteiger partial charge in [0.2, 0.25) is 0 Å². The monoisotopic (exact) mass is 419 g/mol. The second-order valence-electron chi connectivity index (χ2n) is 5.96. The van der Waals surface area contributed by atoms with Crippen LogP contribution in [-0.4, -0.2) is 0 Å². The lowest BCUT2D eigenvalue weighted by molar-refractivity contribution is 0.596. The lowest BCUT2D eigenvalue weighted by atomic mass is 9.99. The first-order chi connectivity index (χ1) is 11.0. The van der Waals surface area contributed by atoms with E-state index in [4.69, 9.17) is 0 Å². The molecule has 1 aliphatic carbocycles. The summed E-state index contributed by atoms with van der Waals surface area (Å²) in [5.74, 6) is 0.0956. The fourth-order valence-corrected chi connectivity index (χ4v) is 3.07. The van der Waals surface area contributed by atoms with Crippen LogP contribution < -0.4 is 4.90 Å². The molecular formula is C20H19FIN. The molecule has 0 amide bonds. The average Bonchev–Trinajstić information content (AvgIpc) is 2.53. The molecule has 0 N–H and O–H groups in total. The molecule has 0 radical (unpaired) electrons. The third kappa shape index (κ3) is 3.66. The van der Waals surface area contributed by atoms with Gasteiger partial charge in [0.1, 0.15) is 5.83 Å². The quantitative estimate of drug-likeness (QED) is 0.513. The Balaban J connectivity index is 2.09. The van der Waals surface area contributed by atoms with Crippen molar-refractivity contribution in [2.24, 2.45) is 5.92 Å². The van der Waals surface area contributed by atoms with E-state index >= 15 is 0 Å². The largest absolute Gasteiger partial charge is 0.308 e. The molecule has 0 fully saturated rings. The first-order valence-electron chi connectivity index (χ1n) is 7.75. The van der Waals surface area contributed by atoms with E-state index in [-0.39, 0.29) is 11.7 Å². The van der Waals surface area contributed by atoms with Crippen LogP contribution in [0.1, 0.15) is 18.9 Å². The van der Waals surface area contributed by atoms with Crippen LogP contribution >= 0.6 is 22.6 Å². The van der Waals surface area contributed by atoms with Gasteiger partial charge < -0.3 is 4.90 Å². The van der Waals surface area contributed by atoms with E-state index in [0.717, 1.165) is 21.4 Å². The van der Waals surface area contributed by atoms with E-state index in [2.05, 4.69) is 41.6 Å². The van der Waals surface area contributed by atoms with Crippen molar-refractivity contribution in [3.05, 3.63) is 81.3 Å². The molecule has 3 rings (SSSR count). The fourth-order valence-electron chi connectivity index (χ4n) is 2.71. The van der Waals surface area contributed by atoms with Crippen molar-refractivity contribution >= 4 is 34.0 Å². The normalized spacial score (nSPS) is 17.5. The van der Waals surface area contributed by atoms with Gasteiger partial charge in [-0.2, -0.15) is 0 Å². The smallest absolute Gasteiger partial charge is 0.143 e. The van der Waals surface area contributed by atoms with Gasteiger partial charge in [0.25, 0.3) is 0 Å². The summed E-state index contributed by atoms with van der Waals surface area (Å²) in [5.41, 5.74) is 3.77. The predicted octanol–water partition coefficient (Wildman–Crippen LogP) is 6.51. The summed E-state index contributed by atoms with van der Waals surface area (Å²) in [5, 5.41) is 0. The van der Waals surface area contributed by atoms with Crippen LogP contribution in [0.25, 0.3) is 0 Å². The lowest BCUT2D eigenvalue weighted by Gasteiger charge is -2.29. The summed E-state index contributed by atoms with van der Waals surface area (Å²) < 4.78 is 15.8. The molecule has 0 bridgehead atoms. The van der Waals surface area contributed by atoms with E-state index in [9.17, 15) is 4.39 Å². The number of anilines is 2. The minimum absolute atomic E-state index is 0.150. The molecule has 0 spiro atoms. The molecule has 1 nitrogen and oxygen atoms in total. The van der Waals surface area contributed by atoms with Crippen molar-refractivity contribution in [2.45, 2.75) is 20.3 Å². The Morgan fingerprint density at radius 2 is 1.57 bits per heavy atom. The van der Waals surface area contributed by atoms with E-state index < -0.39 is 0 Å². The van der Waals surface area contributed by atoms with Gasteiger partial charge in [-0.15, -0.1) is 0 Å². The first-order valence-corrected chi connectivity index (χ1v) is 8.82. The zero-order valence-corrected chi connectivity index (χ0v) is 15.4. The molecule has 0 heterocycles. The van der Waals surface area contributed by atoms with Crippen molar-refractivity contribution in [3.8, 4) is 0 Å². The summed E-state index contributed by atoms with van der Waals surface area (Å²) in [6, 6.07) is 16.4. The third-order valence-corrected chi connectivity index (χ3v) is 4.70. The number of nitrogens with zero attached hydrogens (tertiary/aromatic N) is 1. The SMILES string of the molecule is Cc1ccc(N(C2=CCC(C)C=C2F)c2ccc(I)cc2)cc1. The fraction of sp³-hybridized carbons (Fsp3) is 0.200. The molecule has 2 aromatic carbocycles. The number of hydrogen-bond donors (Lipinski definition) is 0. The van der Waals surface area contributed by atoms with Crippen molar-refractivity contribution in [1.82, 2.24) is 0 Å². The van der Waals surface area contributed by atoms with Crippen LogP contribution in [0.3, 0.4) is 0 Å². The highest BCUT2D eigenvalue weighted by Gasteiger charge is 2.21. The van der Waals surface area contributed by atoms with Crippen molar-refractivity contribution in [3.63, 3.8) is 0 Å². The Morgan fingerprint density at radius 3 is 2.13 bits per heavy atom. The van der Waals surface area contributed by atoms with Gasteiger partial charge in [0, 0.05) is 14.9 Å². The van der Waals surface area contributed by atoms with Crippen molar-refractivity contribution in [1.29, 1.82) is 0 Å². The molecule has 1 unspecified atom stereocenters. The molecule has 3 heteroatoms. The molecule has 1 atom stereocenters. The van der Waals surface area contributed by atoms with Gasteiger partial charge in [0.05, 0.1) is 5.70 Å². The topological polar surface area (TPSA) is 3.24 Å². The summed E-state index contributed by atoms with van der Waals surface area (Å²) in [6.07, 6.45) is 4.57. The molecular weight excluding hydrogens is 400 g/mol. The summed E-state index contributed by atoms with van der Waals surface area (Å²) in [7, 11) is 0. The van der Waals surface area contributed by atoms with Crippen LogP contribution in [0.15, 0.2) is 72.2 Å². The van der Waals surface area contributed by atoms with E-state index in [1.807, 2.05) is 54.3 Å². The van der Waals surface area contributed by atoms with Crippen LogP contribution in [0.5, 0.6) is 0 Å². The molecule has 2 aromatic rings. The van der Waals surface area contributed by atoms with Gasteiger partial charge >= 0.3 is 0 Å². The zero-order chi connectivity index (χ0) is 16.4. The zero-order valence-electron chi connectivity index (χ0n) is 13.3. The Morgan fingerprint density at radius 1 is 1.00 bits per heavy atom. The maximum absolute atomic E-state index is 14.6. The highest BCUT2D eigenvalue weighted by molar-refractivity contribution is 14.1. The number of hydrogen-bond acceptors (Lipinski definition) is 1. The second-order valence-corrected chi connectivity index (χ2v) is 7.21. The van der Waals surface area contributed by atoms with Crippen LogP contribution in [0.2, 0.25) is 0 Å². The molecule has 0 saturated carbocycles. The Bertz CT molecular complexity index is 699. The molecule has 1 aliphatic rings. The summed E-state index contributed by atoms with van der Waals surface area (Å²) in [4.78, 5) is 1.99. The lowest BCUT2D eigenvalue weighted by Crippen LogP contribution is -2.19. The van der Waals surface area contributed by atoms with Gasteiger partial charge in [-0.1, -0.05) is 30.7 Å². The molecule has 0 aliphatic heterocycles. The van der Waals surface area contributed by atoms with Crippen molar-refractivity contribution in [2.75, 3.05) is 4.90 Å². The Kier molecular flexibility index (Phi) is 4.85. The number of allylic oxidation sites excluding steroid dienone is 3.